The molecule has 0 aromatic rings. The molecule has 0 aliphatic heterocycles. The summed E-state index contributed by atoms with van der Waals surface area (Å²) < 4.78 is 14.2. The first-order valence-electron chi connectivity index (χ1n) is 6.52. The van der Waals surface area contributed by atoms with Gasteiger partial charge in [0.15, 0.2) is 0 Å². The summed E-state index contributed by atoms with van der Waals surface area (Å²) >= 11 is 0. The number of alkyl halides is 1. The maximum atomic E-state index is 14.2. The minimum atomic E-state index is -1.09. The van der Waals surface area contributed by atoms with Crippen LogP contribution in [0.3, 0.4) is 0 Å². The number of hydrogen-bond acceptors (Lipinski definition) is 0. The van der Waals surface area contributed by atoms with Crippen molar-refractivity contribution in [1.29, 1.82) is 0 Å². The maximum absolute atomic E-state index is 14.2. The van der Waals surface area contributed by atoms with Crippen molar-refractivity contribution in [3.8, 4) is 0 Å². The summed E-state index contributed by atoms with van der Waals surface area (Å²) in [5.74, 6) is 1.21. The first kappa shape index (κ1) is 13.5. The molecule has 0 radical (unpaired) electrons. The molecule has 1 aliphatic carbocycles. The van der Waals surface area contributed by atoms with Crippen LogP contribution in [0.5, 0.6) is 0 Å². The molecule has 0 saturated heterocycles. The molecule has 0 nitrogen and oxygen atoms in total. The molecule has 0 N–H and O–H groups in total. The quantitative estimate of drug-likeness (QED) is 0.626. The second kappa shape index (κ2) is 5.16. The van der Waals surface area contributed by atoms with Crippen molar-refractivity contribution in [3.05, 3.63) is 23.3 Å². The van der Waals surface area contributed by atoms with Crippen LogP contribution in [0.1, 0.15) is 53.9 Å². The Bertz CT molecular complexity index is 301. The zero-order valence-electron chi connectivity index (χ0n) is 11.3. The molecular formula is C15H25F. The summed E-state index contributed by atoms with van der Waals surface area (Å²) in [5, 5.41) is 0. The van der Waals surface area contributed by atoms with Gasteiger partial charge in [0.1, 0.15) is 5.67 Å². The molecule has 1 rings (SSSR count). The van der Waals surface area contributed by atoms with E-state index in [0.717, 1.165) is 5.57 Å². The molecule has 16 heavy (non-hydrogen) atoms. The molecule has 0 aromatic carbocycles. The van der Waals surface area contributed by atoms with E-state index in [1.54, 1.807) is 0 Å². The van der Waals surface area contributed by atoms with Gasteiger partial charge in [-0.25, -0.2) is 4.39 Å². The Kier molecular flexibility index (Phi) is 4.35. The van der Waals surface area contributed by atoms with Crippen molar-refractivity contribution in [1.82, 2.24) is 0 Å². The van der Waals surface area contributed by atoms with Crippen molar-refractivity contribution in [2.75, 3.05) is 0 Å². The Balaban J connectivity index is 2.84. The van der Waals surface area contributed by atoms with E-state index in [1.807, 2.05) is 19.9 Å². The van der Waals surface area contributed by atoms with Crippen molar-refractivity contribution in [2.24, 2.45) is 11.8 Å². The van der Waals surface area contributed by atoms with Gasteiger partial charge >= 0.3 is 0 Å². The van der Waals surface area contributed by atoms with Crippen LogP contribution in [-0.2, 0) is 0 Å². The first-order chi connectivity index (χ1) is 7.43. The number of rotatable bonds is 4. The summed E-state index contributed by atoms with van der Waals surface area (Å²) in [4.78, 5) is 0. The SMILES string of the molecule is CCC(C)C(C)C1=CCC(F)(CC)C=C1C. The van der Waals surface area contributed by atoms with Gasteiger partial charge < -0.3 is 0 Å². The highest BCUT2D eigenvalue weighted by atomic mass is 19.1. The van der Waals surface area contributed by atoms with Gasteiger partial charge in [0.05, 0.1) is 0 Å². The van der Waals surface area contributed by atoms with Crippen molar-refractivity contribution >= 4 is 0 Å². The molecule has 0 amide bonds. The molecule has 92 valence electrons. The van der Waals surface area contributed by atoms with Crippen LogP contribution in [0.25, 0.3) is 0 Å². The second-order valence-electron chi connectivity index (χ2n) is 5.25. The van der Waals surface area contributed by atoms with Gasteiger partial charge in [-0.2, -0.15) is 0 Å². The molecule has 1 heteroatoms. The Hall–Kier alpha value is -0.590. The van der Waals surface area contributed by atoms with Gasteiger partial charge in [0.25, 0.3) is 0 Å². The highest BCUT2D eigenvalue weighted by Crippen LogP contribution is 2.37. The van der Waals surface area contributed by atoms with E-state index in [-0.39, 0.29) is 0 Å². The van der Waals surface area contributed by atoms with Crippen LogP contribution in [0, 0.1) is 11.8 Å². The fraction of sp³-hybridized carbons (Fsp3) is 0.733. The predicted molar refractivity (Wildman–Crippen MR) is 69.2 cm³/mol. The summed E-state index contributed by atoms with van der Waals surface area (Å²) in [6, 6.07) is 0. The van der Waals surface area contributed by atoms with E-state index in [1.165, 1.54) is 12.0 Å². The van der Waals surface area contributed by atoms with Crippen LogP contribution in [0.4, 0.5) is 4.39 Å². The fourth-order valence-corrected chi connectivity index (χ4v) is 2.42. The molecule has 3 unspecified atom stereocenters. The van der Waals surface area contributed by atoms with E-state index in [0.29, 0.717) is 24.7 Å². The topological polar surface area (TPSA) is 0 Å². The summed E-state index contributed by atoms with van der Waals surface area (Å²) in [6.07, 6.45) is 6.26. The Labute approximate surface area is 99.6 Å². The van der Waals surface area contributed by atoms with Crippen LogP contribution in [-0.4, -0.2) is 5.67 Å². The van der Waals surface area contributed by atoms with Crippen LogP contribution < -0.4 is 0 Å². The van der Waals surface area contributed by atoms with Crippen LogP contribution >= 0.6 is 0 Å². The van der Waals surface area contributed by atoms with E-state index >= 15 is 0 Å². The predicted octanol–water partition coefficient (Wildman–Crippen LogP) is 5.06. The van der Waals surface area contributed by atoms with Crippen LogP contribution in [0.15, 0.2) is 23.3 Å². The molecule has 0 heterocycles. The van der Waals surface area contributed by atoms with Crippen molar-refractivity contribution in [2.45, 2.75) is 59.5 Å². The van der Waals surface area contributed by atoms with Gasteiger partial charge in [-0.05, 0) is 42.4 Å². The third-order valence-electron chi connectivity index (χ3n) is 4.17. The highest BCUT2D eigenvalue weighted by Gasteiger charge is 2.29. The second-order valence-corrected chi connectivity index (χ2v) is 5.25. The lowest BCUT2D eigenvalue weighted by atomic mass is 9.78. The molecule has 0 fully saturated rings. The lowest BCUT2D eigenvalue weighted by Crippen LogP contribution is -2.23. The zero-order chi connectivity index (χ0) is 12.3. The average Bonchev–Trinajstić information content (AvgIpc) is 2.27. The molecule has 0 bridgehead atoms. The van der Waals surface area contributed by atoms with E-state index in [9.17, 15) is 4.39 Å². The van der Waals surface area contributed by atoms with Gasteiger partial charge in [0, 0.05) is 6.42 Å². The summed E-state index contributed by atoms with van der Waals surface area (Å²) in [6.45, 7) is 10.7. The largest absolute Gasteiger partial charge is 0.239 e. The monoisotopic (exact) mass is 224 g/mol. The number of hydrogen-bond donors (Lipinski definition) is 0. The maximum Gasteiger partial charge on any atom is 0.132 e. The minimum Gasteiger partial charge on any atom is -0.239 e. The molecule has 0 aromatic heterocycles. The fourth-order valence-electron chi connectivity index (χ4n) is 2.42. The standard InChI is InChI=1S/C15H25F/c1-6-11(3)13(5)14-8-9-15(16,7-2)10-12(14)4/h8,10-11,13H,6-7,9H2,1-5H3. The lowest BCUT2D eigenvalue weighted by molar-refractivity contribution is 0.220. The van der Waals surface area contributed by atoms with E-state index in [4.69, 9.17) is 0 Å². The van der Waals surface area contributed by atoms with Crippen LogP contribution in [0.2, 0.25) is 0 Å². The van der Waals surface area contributed by atoms with Gasteiger partial charge in [0.2, 0.25) is 0 Å². The normalized spacial score (nSPS) is 29.4. The van der Waals surface area contributed by atoms with Crippen molar-refractivity contribution in [3.63, 3.8) is 0 Å². The average molecular weight is 224 g/mol. The third-order valence-corrected chi connectivity index (χ3v) is 4.17. The zero-order valence-corrected chi connectivity index (χ0v) is 11.3. The Morgan fingerprint density at radius 3 is 2.44 bits per heavy atom. The van der Waals surface area contributed by atoms with E-state index in [2.05, 4.69) is 26.8 Å². The Morgan fingerprint density at radius 2 is 2.00 bits per heavy atom. The van der Waals surface area contributed by atoms with Gasteiger partial charge in [-0.15, -0.1) is 0 Å². The highest BCUT2D eigenvalue weighted by molar-refractivity contribution is 5.37. The molecule has 3 atom stereocenters. The molecule has 0 saturated carbocycles. The van der Waals surface area contributed by atoms with Crippen molar-refractivity contribution < 1.29 is 4.39 Å². The summed E-state index contributed by atoms with van der Waals surface area (Å²) in [5.41, 5.74) is 1.41. The van der Waals surface area contributed by atoms with Gasteiger partial charge in [-0.1, -0.05) is 40.2 Å². The summed E-state index contributed by atoms with van der Waals surface area (Å²) in [7, 11) is 0. The van der Waals surface area contributed by atoms with Gasteiger partial charge in [-0.3, -0.25) is 0 Å². The lowest BCUT2D eigenvalue weighted by Gasteiger charge is -2.30. The van der Waals surface area contributed by atoms with E-state index < -0.39 is 5.67 Å². The molecule has 1 aliphatic rings. The number of allylic oxidation sites excluding steroid dienone is 4. The third kappa shape index (κ3) is 2.75. The molecule has 0 spiro atoms. The molecular weight excluding hydrogens is 199 g/mol. The minimum absolute atomic E-state index is 0.544. The first-order valence-corrected chi connectivity index (χ1v) is 6.52. The smallest absolute Gasteiger partial charge is 0.132 e. The number of halogens is 1. The Morgan fingerprint density at radius 1 is 1.38 bits per heavy atom.